The molecule has 2 aromatic heterocycles. The number of piperazine rings is 1. The monoisotopic (exact) mass is 374 g/mol. The molecule has 7 heteroatoms. The Morgan fingerprint density at radius 2 is 2.04 bits per heavy atom. The summed E-state index contributed by atoms with van der Waals surface area (Å²) < 4.78 is 15.0. The van der Waals surface area contributed by atoms with Crippen LogP contribution in [0, 0.1) is 5.82 Å². The molecular formula is C18H19FN4S2. The minimum atomic E-state index is -0.222. The van der Waals surface area contributed by atoms with Crippen molar-refractivity contribution in [2.24, 2.45) is 0 Å². The van der Waals surface area contributed by atoms with Crippen molar-refractivity contribution in [3.05, 3.63) is 48.0 Å². The van der Waals surface area contributed by atoms with Crippen LogP contribution >= 0.6 is 23.1 Å². The molecule has 1 aliphatic heterocycles. The molecule has 1 fully saturated rings. The third-order valence-electron chi connectivity index (χ3n) is 4.44. The van der Waals surface area contributed by atoms with E-state index < -0.39 is 0 Å². The Morgan fingerprint density at radius 3 is 2.80 bits per heavy atom. The number of benzene rings is 1. The zero-order valence-corrected chi connectivity index (χ0v) is 15.6. The first kappa shape index (κ1) is 16.8. The van der Waals surface area contributed by atoms with Gasteiger partial charge < -0.3 is 4.90 Å². The van der Waals surface area contributed by atoms with Crippen LogP contribution in [-0.4, -0.2) is 47.3 Å². The number of thiazole rings is 1. The van der Waals surface area contributed by atoms with Crippen molar-refractivity contribution in [2.75, 3.05) is 37.3 Å². The van der Waals surface area contributed by atoms with E-state index in [9.17, 15) is 4.39 Å². The van der Waals surface area contributed by atoms with E-state index in [0.717, 1.165) is 36.8 Å². The maximum Gasteiger partial charge on any atom is 0.186 e. The van der Waals surface area contributed by atoms with Crippen LogP contribution in [0.3, 0.4) is 0 Å². The fraction of sp³-hybridized carbons (Fsp3) is 0.333. The summed E-state index contributed by atoms with van der Waals surface area (Å²) in [6, 6.07) is 9.54. The van der Waals surface area contributed by atoms with Gasteiger partial charge in [0.05, 0.1) is 15.9 Å². The Bertz CT molecular complexity index is 874. The molecule has 130 valence electrons. The maximum absolute atomic E-state index is 13.8. The number of halogens is 1. The lowest BCUT2D eigenvalue weighted by atomic mass is 10.2. The van der Waals surface area contributed by atoms with Crippen LogP contribution in [-0.2, 0) is 6.54 Å². The van der Waals surface area contributed by atoms with Gasteiger partial charge in [0.1, 0.15) is 5.82 Å². The van der Waals surface area contributed by atoms with Gasteiger partial charge in [0.15, 0.2) is 5.13 Å². The Hall–Kier alpha value is -1.70. The van der Waals surface area contributed by atoms with Crippen molar-refractivity contribution in [3.8, 4) is 0 Å². The highest BCUT2D eigenvalue weighted by Gasteiger charge is 2.21. The lowest BCUT2D eigenvalue weighted by Gasteiger charge is -2.34. The van der Waals surface area contributed by atoms with Crippen LogP contribution in [0.1, 0.15) is 5.69 Å². The van der Waals surface area contributed by atoms with Crippen LogP contribution in [0.15, 0.2) is 41.4 Å². The molecule has 25 heavy (non-hydrogen) atoms. The normalized spacial score (nSPS) is 15.8. The largest absolute Gasteiger partial charge is 0.345 e. The molecule has 0 saturated carbocycles. The van der Waals surface area contributed by atoms with Gasteiger partial charge in [-0.1, -0.05) is 11.3 Å². The molecule has 3 heterocycles. The number of nitrogens with zero attached hydrogens (tertiary/aromatic N) is 4. The summed E-state index contributed by atoms with van der Waals surface area (Å²) in [4.78, 5) is 14.8. The number of hydrogen-bond acceptors (Lipinski definition) is 6. The van der Waals surface area contributed by atoms with Crippen LogP contribution in [0.4, 0.5) is 9.52 Å². The molecule has 0 bridgehead atoms. The highest BCUT2D eigenvalue weighted by molar-refractivity contribution is 7.98. The number of fused-ring (bicyclic) bond motifs is 1. The van der Waals surface area contributed by atoms with Crippen LogP contribution in [0.5, 0.6) is 0 Å². The van der Waals surface area contributed by atoms with E-state index in [-0.39, 0.29) is 5.82 Å². The Kier molecular flexibility index (Phi) is 4.87. The minimum Gasteiger partial charge on any atom is -0.345 e. The van der Waals surface area contributed by atoms with Crippen LogP contribution < -0.4 is 4.90 Å². The van der Waals surface area contributed by atoms with Gasteiger partial charge in [-0.05, 0) is 36.6 Å². The molecule has 1 aromatic carbocycles. The Labute approximate surface area is 154 Å². The van der Waals surface area contributed by atoms with E-state index in [4.69, 9.17) is 4.98 Å². The van der Waals surface area contributed by atoms with Gasteiger partial charge in [0.25, 0.3) is 0 Å². The van der Waals surface area contributed by atoms with Crippen molar-refractivity contribution in [3.63, 3.8) is 0 Å². The third-order valence-corrected chi connectivity index (χ3v) is 6.24. The van der Waals surface area contributed by atoms with Crippen molar-refractivity contribution in [1.29, 1.82) is 0 Å². The summed E-state index contributed by atoms with van der Waals surface area (Å²) in [7, 11) is 0. The molecule has 0 unspecified atom stereocenters. The molecule has 1 aliphatic rings. The quantitative estimate of drug-likeness (QED) is 0.647. The van der Waals surface area contributed by atoms with E-state index in [1.54, 1.807) is 35.4 Å². The molecule has 4 nitrogen and oxygen atoms in total. The van der Waals surface area contributed by atoms with Crippen molar-refractivity contribution in [1.82, 2.24) is 14.9 Å². The van der Waals surface area contributed by atoms with Gasteiger partial charge in [-0.25, -0.2) is 9.37 Å². The SMILES string of the molecule is CSc1ccc2nc(N3CCN(Cc4ncccc4F)CC3)sc2c1. The molecule has 0 N–H and O–H groups in total. The predicted molar refractivity (Wildman–Crippen MR) is 103 cm³/mol. The molecule has 0 atom stereocenters. The molecule has 0 spiro atoms. The first-order chi connectivity index (χ1) is 12.2. The van der Waals surface area contributed by atoms with E-state index in [2.05, 4.69) is 39.2 Å². The number of thioether (sulfide) groups is 1. The smallest absolute Gasteiger partial charge is 0.186 e. The Balaban J connectivity index is 1.42. The zero-order chi connectivity index (χ0) is 17.2. The second-order valence-corrected chi connectivity index (χ2v) is 7.91. The summed E-state index contributed by atoms with van der Waals surface area (Å²) in [6.45, 7) is 4.16. The van der Waals surface area contributed by atoms with Crippen LogP contribution in [0.25, 0.3) is 10.2 Å². The van der Waals surface area contributed by atoms with Crippen molar-refractivity contribution >= 4 is 38.4 Å². The van der Waals surface area contributed by atoms with Gasteiger partial charge >= 0.3 is 0 Å². The molecule has 3 aromatic rings. The van der Waals surface area contributed by atoms with Crippen LogP contribution in [0.2, 0.25) is 0 Å². The van der Waals surface area contributed by atoms with Gasteiger partial charge in [0, 0.05) is 43.8 Å². The second kappa shape index (κ2) is 7.27. The first-order valence-electron chi connectivity index (χ1n) is 8.24. The molecular weight excluding hydrogens is 355 g/mol. The number of rotatable bonds is 4. The molecule has 4 rings (SSSR count). The minimum absolute atomic E-state index is 0.222. The van der Waals surface area contributed by atoms with E-state index in [1.165, 1.54) is 15.7 Å². The third kappa shape index (κ3) is 3.63. The Morgan fingerprint density at radius 1 is 1.20 bits per heavy atom. The highest BCUT2D eigenvalue weighted by atomic mass is 32.2. The highest BCUT2D eigenvalue weighted by Crippen LogP contribution is 2.32. The van der Waals surface area contributed by atoms with Gasteiger partial charge in [0.2, 0.25) is 0 Å². The number of aromatic nitrogens is 2. The van der Waals surface area contributed by atoms with Crippen molar-refractivity contribution in [2.45, 2.75) is 11.4 Å². The average Bonchev–Trinajstić information content (AvgIpc) is 3.07. The standard InChI is InChI=1S/C18H19FN4S2/c1-24-13-4-5-15-17(11-13)25-18(21-15)23-9-7-22(8-10-23)12-16-14(19)3-2-6-20-16/h2-6,11H,7-10,12H2,1H3. The summed E-state index contributed by atoms with van der Waals surface area (Å²) in [6.07, 6.45) is 3.74. The first-order valence-corrected chi connectivity index (χ1v) is 10.3. The fourth-order valence-electron chi connectivity index (χ4n) is 3.00. The average molecular weight is 375 g/mol. The van der Waals surface area contributed by atoms with Crippen molar-refractivity contribution < 1.29 is 4.39 Å². The lowest BCUT2D eigenvalue weighted by Crippen LogP contribution is -2.46. The van der Waals surface area contributed by atoms with Gasteiger partial charge in [-0.3, -0.25) is 9.88 Å². The van der Waals surface area contributed by atoms with E-state index in [0.29, 0.717) is 12.2 Å². The topological polar surface area (TPSA) is 32.3 Å². The number of anilines is 1. The van der Waals surface area contributed by atoms with E-state index in [1.807, 2.05) is 0 Å². The predicted octanol–water partition coefficient (Wildman–Crippen LogP) is 3.87. The number of hydrogen-bond donors (Lipinski definition) is 0. The second-order valence-electron chi connectivity index (χ2n) is 6.03. The molecule has 0 amide bonds. The number of pyridine rings is 1. The van der Waals surface area contributed by atoms with E-state index >= 15 is 0 Å². The summed E-state index contributed by atoms with van der Waals surface area (Å²) in [5, 5.41) is 1.08. The maximum atomic E-state index is 13.8. The van der Waals surface area contributed by atoms with Gasteiger partial charge in [-0.15, -0.1) is 11.8 Å². The summed E-state index contributed by atoms with van der Waals surface area (Å²) >= 11 is 3.50. The molecule has 0 aliphatic carbocycles. The summed E-state index contributed by atoms with van der Waals surface area (Å²) in [5.41, 5.74) is 1.59. The molecule has 1 saturated heterocycles. The fourth-order valence-corrected chi connectivity index (χ4v) is 4.57. The van der Waals surface area contributed by atoms with Gasteiger partial charge in [-0.2, -0.15) is 0 Å². The summed E-state index contributed by atoms with van der Waals surface area (Å²) in [5.74, 6) is -0.222. The molecule has 0 radical (unpaired) electrons. The zero-order valence-electron chi connectivity index (χ0n) is 14.0. The lowest BCUT2D eigenvalue weighted by molar-refractivity contribution is 0.243.